The van der Waals surface area contributed by atoms with Crippen molar-refractivity contribution in [2.45, 2.75) is 12.5 Å². The first-order valence-corrected chi connectivity index (χ1v) is 8.01. The summed E-state index contributed by atoms with van der Waals surface area (Å²) in [5.41, 5.74) is -1.31. The molecule has 1 atom stereocenters. The second-order valence-corrected chi connectivity index (χ2v) is 6.87. The number of benzene rings is 1. The lowest BCUT2D eigenvalue weighted by atomic mass is 10.1. The van der Waals surface area contributed by atoms with Crippen molar-refractivity contribution in [2.75, 3.05) is 31.2 Å². The number of aromatic nitrogens is 2. The summed E-state index contributed by atoms with van der Waals surface area (Å²) in [6, 6.07) is 1.47. The zero-order valence-electron chi connectivity index (χ0n) is 12.1. The highest BCUT2D eigenvalue weighted by molar-refractivity contribution is 9.10. The van der Waals surface area contributed by atoms with Gasteiger partial charge in [-0.1, -0.05) is 11.6 Å². The number of hydrogen-bond donors (Lipinski definition) is 1. The molecule has 0 radical (unpaired) electrons. The Hall–Kier alpha value is -1.09. The number of halogens is 4. The van der Waals surface area contributed by atoms with Crippen LogP contribution in [0.3, 0.4) is 0 Å². The topological polar surface area (TPSA) is 58.5 Å². The Morgan fingerprint density at radius 1 is 1.43 bits per heavy atom. The van der Waals surface area contributed by atoms with E-state index in [0.29, 0.717) is 13.2 Å². The molecule has 1 aromatic heterocycles. The van der Waals surface area contributed by atoms with Gasteiger partial charge in [0.15, 0.2) is 5.82 Å². The summed E-state index contributed by atoms with van der Waals surface area (Å²) in [6.45, 7) is 2.62. The highest BCUT2D eigenvalue weighted by atomic mass is 79.9. The Labute approximate surface area is 144 Å². The third-order valence-corrected chi connectivity index (χ3v) is 4.83. The van der Waals surface area contributed by atoms with Crippen LogP contribution in [0.1, 0.15) is 6.92 Å². The summed E-state index contributed by atoms with van der Waals surface area (Å²) in [5, 5.41) is 10.7. The van der Waals surface area contributed by atoms with Crippen molar-refractivity contribution < 1.29 is 18.6 Å². The molecule has 2 heterocycles. The van der Waals surface area contributed by atoms with Gasteiger partial charge < -0.3 is 14.7 Å². The lowest BCUT2D eigenvalue weighted by Gasteiger charge is -2.28. The van der Waals surface area contributed by atoms with Gasteiger partial charge in [-0.2, -0.15) is 14.4 Å². The molecule has 3 rings (SSSR count). The van der Waals surface area contributed by atoms with Gasteiger partial charge in [0.05, 0.1) is 29.3 Å². The number of β-amino-alcohol motifs (C(OH)–C–C–N with tert-alkyl or cyclic N) is 1. The Balaban J connectivity index is 2.20. The maximum atomic E-state index is 14.3. The molecule has 0 bridgehead atoms. The van der Waals surface area contributed by atoms with E-state index in [0.717, 1.165) is 0 Å². The van der Waals surface area contributed by atoms with Gasteiger partial charge in [-0.3, -0.25) is 0 Å². The number of fused-ring (bicyclic) bond motifs is 1. The van der Waals surface area contributed by atoms with E-state index in [1.54, 1.807) is 11.8 Å². The molecule has 1 aromatic carbocycles. The molecule has 0 saturated carbocycles. The molecule has 23 heavy (non-hydrogen) atoms. The number of nitrogens with zero attached hydrogens (tertiary/aromatic N) is 3. The maximum absolute atomic E-state index is 14.3. The van der Waals surface area contributed by atoms with Crippen molar-refractivity contribution in [3.8, 4) is 0 Å². The molecule has 9 heteroatoms. The third-order valence-electron chi connectivity index (χ3n) is 3.53. The number of hydrogen-bond acceptors (Lipinski definition) is 5. The fourth-order valence-corrected chi connectivity index (χ4v) is 3.05. The highest BCUT2D eigenvalue weighted by Crippen LogP contribution is 2.35. The van der Waals surface area contributed by atoms with Gasteiger partial charge in [0.2, 0.25) is 0 Å². The summed E-state index contributed by atoms with van der Waals surface area (Å²) in [4.78, 5) is 8.96. The van der Waals surface area contributed by atoms with Crippen molar-refractivity contribution in [1.29, 1.82) is 0 Å². The van der Waals surface area contributed by atoms with Crippen LogP contribution < -0.4 is 4.90 Å². The standard InChI is InChI=1S/C14H13BrClF2N3O2/c1-14(22)5-21(2-3-23-6-14)12-7-4-8(16)9(15)10(17)11(7)19-13(18)20-12/h4,22H,2-3,5-6H2,1H3. The molecule has 5 nitrogen and oxygen atoms in total. The van der Waals surface area contributed by atoms with Gasteiger partial charge >= 0.3 is 6.08 Å². The Morgan fingerprint density at radius 2 is 2.17 bits per heavy atom. The molecule has 2 aromatic rings. The van der Waals surface area contributed by atoms with Crippen LogP contribution in [0, 0.1) is 11.9 Å². The van der Waals surface area contributed by atoms with E-state index in [4.69, 9.17) is 16.3 Å². The van der Waals surface area contributed by atoms with Crippen LogP contribution in [0.4, 0.5) is 14.6 Å². The summed E-state index contributed by atoms with van der Waals surface area (Å²) >= 11 is 9.02. The monoisotopic (exact) mass is 407 g/mol. The van der Waals surface area contributed by atoms with Gasteiger partial charge in [0, 0.05) is 11.9 Å². The Morgan fingerprint density at radius 3 is 2.91 bits per heavy atom. The molecular formula is C14H13BrClF2N3O2. The van der Waals surface area contributed by atoms with Crippen molar-refractivity contribution >= 4 is 44.3 Å². The second-order valence-electron chi connectivity index (χ2n) is 5.67. The van der Waals surface area contributed by atoms with Gasteiger partial charge in [0.25, 0.3) is 0 Å². The molecule has 0 amide bonds. The second kappa shape index (κ2) is 6.08. The number of rotatable bonds is 1. The summed E-state index contributed by atoms with van der Waals surface area (Å²) in [7, 11) is 0. The van der Waals surface area contributed by atoms with Crippen LogP contribution in [-0.4, -0.2) is 47.0 Å². The largest absolute Gasteiger partial charge is 0.386 e. The Bertz CT molecular complexity index is 776. The maximum Gasteiger partial charge on any atom is 0.311 e. The number of aliphatic hydroxyl groups is 1. The van der Waals surface area contributed by atoms with Crippen LogP contribution >= 0.6 is 27.5 Å². The molecule has 1 fully saturated rings. The molecule has 0 spiro atoms. The number of anilines is 1. The average molecular weight is 409 g/mol. The van der Waals surface area contributed by atoms with E-state index in [1.807, 2.05) is 0 Å². The van der Waals surface area contributed by atoms with E-state index >= 15 is 0 Å². The summed E-state index contributed by atoms with van der Waals surface area (Å²) in [6.07, 6.45) is -1.05. The molecule has 0 aliphatic carbocycles. The van der Waals surface area contributed by atoms with Crippen molar-refractivity contribution in [3.05, 3.63) is 27.5 Å². The summed E-state index contributed by atoms with van der Waals surface area (Å²) < 4.78 is 33.5. The average Bonchev–Trinajstić information content (AvgIpc) is 2.66. The lowest BCUT2D eigenvalue weighted by molar-refractivity contribution is -0.0123. The van der Waals surface area contributed by atoms with Gasteiger partial charge in [0.1, 0.15) is 16.9 Å². The van der Waals surface area contributed by atoms with E-state index in [9.17, 15) is 13.9 Å². The van der Waals surface area contributed by atoms with E-state index in [1.165, 1.54) is 6.07 Å². The summed E-state index contributed by atoms with van der Waals surface area (Å²) in [5.74, 6) is -0.584. The molecule has 1 N–H and O–H groups in total. The van der Waals surface area contributed by atoms with E-state index in [-0.39, 0.29) is 39.4 Å². The highest BCUT2D eigenvalue weighted by Gasteiger charge is 2.30. The van der Waals surface area contributed by atoms with Crippen LogP contribution in [0.25, 0.3) is 10.9 Å². The Kier molecular flexibility index (Phi) is 4.43. The molecular weight excluding hydrogens is 396 g/mol. The third kappa shape index (κ3) is 3.26. The van der Waals surface area contributed by atoms with Crippen LogP contribution in [0.2, 0.25) is 5.02 Å². The SMILES string of the molecule is CC1(O)COCCN(c2nc(F)nc3c(F)c(Br)c(Cl)cc23)C1. The quantitative estimate of drug-likeness (QED) is 0.581. The fourth-order valence-electron chi connectivity index (χ4n) is 2.55. The number of ether oxygens (including phenoxy) is 1. The van der Waals surface area contributed by atoms with Crippen molar-refractivity contribution in [1.82, 2.24) is 9.97 Å². The predicted molar refractivity (Wildman–Crippen MR) is 85.8 cm³/mol. The normalized spacial score (nSPS) is 22.4. The fraction of sp³-hybridized carbons (Fsp3) is 0.429. The zero-order chi connectivity index (χ0) is 16.8. The zero-order valence-corrected chi connectivity index (χ0v) is 14.5. The molecule has 1 aliphatic heterocycles. The molecule has 1 unspecified atom stereocenters. The molecule has 1 aliphatic rings. The lowest BCUT2D eigenvalue weighted by Crippen LogP contribution is -2.42. The molecule has 1 saturated heterocycles. The molecule has 124 valence electrons. The van der Waals surface area contributed by atoms with Gasteiger partial charge in [-0.15, -0.1) is 0 Å². The minimum Gasteiger partial charge on any atom is -0.386 e. The first-order valence-electron chi connectivity index (χ1n) is 6.84. The van der Waals surface area contributed by atoms with Crippen LogP contribution in [0.15, 0.2) is 10.5 Å². The van der Waals surface area contributed by atoms with Crippen molar-refractivity contribution in [3.63, 3.8) is 0 Å². The van der Waals surface area contributed by atoms with Gasteiger partial charge in [-0.25, -0.2) is 4.39 Å². The smallest absolute Gasteiger partial charge is 0.311 e. The van der Waals surface area contributed by atoms with E-state index < -0.39 is 17.5 Å². The van der Waals surface area contributed by atoms with Crippen molar-refractivity contribution in [2.24, 2.45) is 0 Å². The van der Waals surface area contributed by atoms with Crippen LogP contribution in [0.5, 0.6) is 0 Å². The minimum atomic E-state index is -1.14. The van der Waals surface area contributed by atoms with Gasteiger partial charge in [-0.05, 0) is 28.9 Å². The van der Waals surface area contributed by atoms with E-state index in [2.05, 4.69) is 25.9 Å². The first kappa shape index (κ1) is 16.8. The first-order chi connectivity index (χ1) is 10.8. The minimum absolute atomic E-state index is 0.0157. The van der Waals surface area contributed by atoms with Crippen LogP contribution in [-0.2, 0) is 4.74 Å². The predicted octanol–water partition coefficient (Wildman–Crippen LogP) is 2.91.